The predicted octanol–water partition coefficient (Wildman–Crippen LogP) is 4.04. The van der Waals surface area contributed by atoms with Gasteiger partial charge in [-0.1, -0.05) is 11.6 Å². The Bertz CT molecular complexity index is 795. The molecule has 1 amide bonds. The summed E-state index contributed by atoms with van der Waals surface area (Å²) >= 11 is 5.90. The highest BCUT2D eigenvalue weighted by atomic mass is 35.5. The minimum Gasteiger partial charge on any atom is -0.451 e. The average Bonchev–Trinajstić information content (AvgIpc) is 2.81. The van der Waals surface area contributed by atoms with Gasteiger partial charge in [0.25, 0.3) is 5.91 Å². The molecule has 1 aromatic carbocycles. The minimum absolute atomic E-state index is 0.227. The molecule has 2 aromatic heterocycles. The topological polar surface area (TPSA) is 55.1 Å². The van der Waals surface area contributed by atoms with Gasteiger partial charge in [-0.3, -0.25) is 4.79 Å². The van der Waals surface area contributed by atoms with Gasteiger partial charge < -0.3 is 9.73 Å². The maximum atomic E-state index is 12.1. The van der Waals surface area contributed by atoms with Crippen molar-refractivity contribution < 1.29 is 9.21 Å². The third-order valence-electron chi connectivity index (χ3n) is 2.86. The Morgan fingerprint density at radius 2 is 2.10 bits per heavy atom. The van der Waals surface area contributed by atoms with Gasteiger partial charge in [-0.05, 0) is 48.9 Å². The molecule has 100 valence electrons. The summed E-state index contributed by atoms with van der Waals surface area (Å²) in [5.74, 6) is 0.384. The standard InChI is InChI=1S/C15H11ClN2O2/c1-9-4-5-17-14(6-9)18-15(19)13-8-10-7-11(16)2-3-12(10)20-13/h2-8H,1H3,(H,17,18,19). The second-order valence-corrected chi connectivity index (χ2v) is 4.90. The van der Waals surface area contributed by atoms with Crippen molar-refractivity contribution in [1.82, 2.24) is 4.98 Å². The van der Waals surface area contributed by atoms with Gasteiger partial charge >= 0.3 is 0 Å². The number of nitrogens with zero attached hydrogens (tertiary/aromatic N) is 1. The van der Waals surface area contributed by atoms with E-state index in [9.17, 15) is 4.79 Å². The van der Waals surface area contributed by atoms with Gasteiger partial charge in [0.05, 0.1) is 0 Å². The smallest absolute Gasteiger partial charge is 0.292 e. The van der Waals surface area contributed by atoms with Crippen LogP contribution >= 0.6 is 11.6 Å². The minimum atomic E-state index is -0.338. The maximum absolute atomic E-state index is 12.1. The van der Waals surface area contributed by atoms with Gasteiger partial charge in [-0.15, -0.1) is 0 Å². The summed E-state index contributed by atoms with van der Waals surface area (Å²) in [5, 5.41) is 4.09. The number of aryl methyl sites for hydroxylation is 1. The number of carbonyl (C=O) groups is 1. The Labute approximate surface area is 120 Å². The van der Waals surface area contributed by atoms with Crippen molar-refractivity contribution in [3.8, 4) is 0 Å². The van der Waals surface area contributed by atoms with Gasteiger partial charge in [0.15, 0.2) is 5.76 Å². The highest BCUT2D eigenvalue weighted by Crippen LogP contribution is 2.23. The van der Waals surface area contributed by atoms with Crippen LogP contribution in [0.2, 0.25) is 5.02 Å². The molecule has 3 aromatic rings. The van der Waals surface area contributed by atoms with E-state index in [1.54, 1.807) is 36.5 Å². The molecule has 0 unspecified atom stereocenters. The van der Waals surface area contributed by atoms with E-state index in [0.29, 0.717) is 16.4 Å². The lowest BCUT2D eigenvalue weighted by Gasteiger charge is -2.02. The first kappa shape index (κ1) is 12.7. The van der Waals surface area contributed by atoms with Crippen LogP contribution in [0.1, 0.15) is 16.1 Å². The van der Waals surface area contributed by atoms with Crippen molar-refractivity contribution in [1.29, 1.82) is 0 Å². The molecular formula is C15H11ClN2O2. The van der Waals surface area contributed by atoms with Crippen molar-refractivity contribution in [2.45, 2.75) is 6.92 Å². The Kier molecular flexibility index (Phi) is 3.16. The zero-order valence-corrected chi connectivity index (χ0v) is 11.4. The average molecular weight is 287 g/mol. The number of carbonyl (C=O) groups excluding carboxylic acids is 1. The van der Waals surface area contributed by atoms with Crippen LogP contribution in [0.3, 0.4) is 0 Å². The number of nitrogens with one attached hydrogen (secondary N) is 1. The van der Waals surface area contributed by atoms with E-state index in [0.717, 1.165) is 10.9 Å². The van der Waals surface area contributed by atoms with Gasteiger partial charge in [-0.25, -0.2) is 4.98 Å². The van der Waals surface area contributed by atoms with Crippen molar-refractivity contribution >= 4 is 34.3 Å². The molecule has 0 fully saturated rings. The molecule has 5 heteroatoms. The van der Waals surface area contributed by atoms with E-state index >= 15 is 0 Å². The number of furan rings is 1. The lowest BCUT2D eigenvalue weighted by molar-refractivity contribution is 0.0998. The molecule has 0 saturated carbocycles. The molecule has 20 heavy (non-hydrogen) atoms. The molecule has 0 aliphatic carbocycles. The second kappa shape index (κ2) is 4.98. The zero-order chi connectivity index (χ0) is 14.1. The van der Waals surface area contributed by atoms with E-state index in [1.165, 1.54) is 0 Å². The SMILES string of the molecule is Cc1ccnc(NC(=O)c2cc3cc(Cl)ccc3o2)c1. The van der Waals surface area contributed by atoms with Crippen molar-refractivity contribution in [3.63, 3.8) is 0 Å². The molecule has 0 aliphatic heterocycles. The summed E-state index contributed by atoms with van der Waals surface area (Å²) in [6, 6.07) is 10.5. The molecular weight excluding hydrogens is 276 g/mol. The number of rotatable bonds is 2. The van der Waals surface area contributed by atoms with E-state index in [1.807, 2.05) is 13.0 Å². The number of aromatic nitrogens is 1. The number of hydrogen-bond acceptors (Lipinski definition) is 3. The van der Waals surface area contributed by atoms with Crippen LogP contribution in [0.15, 0.2) is 47.0 Å². The molecule has 0 aliphatic rings. The number of amides is 1. The first-order valence-electron chi connectivity index (χ1n) is 6.05. The first-order chi connectivity index (χ1) is 9.61. The fourth-order valence-electron chi connectivity index (χ4n) is 1.91. The number of anilines is 1. The van der Waals surface area contributed by atoms with E-state index < -0.39 is 0 Å². The largest absolute Gasteiger partial charge is 0.451 e. The Hall–Kier alpha value is -2.33. The predicted molar refractivity (Wildman–Crippen MR) is 78.2 cm³/mol. The van der Waals surface area contributed by atoms with Crippen LogP contribution in [-0.4, -0.2) is 10.9 Å². The molecule has 0 radical (unpaired) electrons. The van der Waals surface area contributed by atoms with Crippen LogP contribution in [0, 0.1) is 6.92 Å². The van der Waals surface area contributed by atoms with Crippen LogP contribution in [0.5, 0.6) is 0 Å². The van der Waals surface area contributed by atoms with Crippen LogP contribution in [0.4, 0.5) is 5.82 Å². The Morgan fingerprint density at radius 1 is 1.25 bits per heavy atom. The first-order valence-corrected chi connectivity index (χ1v) is 6.43. The number of halogens is 1. The normalized spacial score (nSPS) is 10.7. The molecule has 0 saturated heterocycles. The third-order valence-corrected chi connectivity index (χ3v) is 3.09. The monoisotopic (exact) mass is 286 g/mol. The van der Waals surface area contributed by atoms with Gasteiger partial charge in [0, 0.05) is 16.6 Å². The molecule has 4 nitrogen and oxygen atoms in total. The molecule has 0 spiro atoms. The third kappa shape index (κ3) is 2.51. The summed E-state index contributed by atoms with van der Waals surface area (Å²) in [5.41, 5.74) is 1.64. The molecule has 0 bridgehead atoms. The summed E-state index contributed by atoms with van der Waals surface area (Å²) < 4.78 is 5.49. The summed E-state index contributed by atoms with van der Waals surface area (Å²) in [6.07, 6.45) is 1.64. The van der Waals surface area contributed by atoms with E-state index in [4.69, 9.17) is 16.0 Å². The van der Waals surface area contributed by atoms with Crippen molar-refractivity contribution in [2.24, 2.45) is 0 Å². The number of pyridine rings is 1. The Morgan fingerprint density at radius 3 is 2.90 bits per heavy atom. The fourth-order valence-corrected chi connectivity index (χ4v) is 2.09. The Balaban J connectivity index is 1.88. The number of fused-ring (bicyclic) bond motifs is 1. The molecule has 3 rings (SSSR count). The maximum Gasteiger partial charge on any atom is 0.292 e. The zero-order valence-electron chi connectivity index (χ0n) is 10.7. The van der Waals surface area contributed by atoms with Crippen LogP contribution in [-0.2, 0) is 0 Å². The van der Waals surface area contributed by atoms with Crippen LogP contribution in [0.25, 0.3) is 11.0 Å². The van der Waals surface area contributed by atoms with Crippen LogP contribution < -0.4 is 5.32 Å². The van der Waals surface area contributed by atoms with Crippen molar-refractivity contribution in [3.05, 3.63) is 58.9 Å². The summed E-state index contributed by atoms with van der Waals surface area (Å²) in [4.78, 5) is 16.2. The highest BCUT2D eigenvalue weighted by Gasteiger charge is 2.13. The van der Waals surface area contributed by atoms with Crippen molar-refractivity contribution in [2.75, 3.05) is 5.32 Å². The summed E-state index contributed by atoms with van der Waals surface area (Å²) in [7, 11) is 0. The van der Waals surface area contributed by atoms with E-state index in [-0.39, 0.29) is 11.7 Å². The second-order valence-electron chi connectivity index (χ2n) is 4.47. The lowest BCUT2D eigenvalue weighted by atomic mass is 10.2. The van der Waals surface area contributed by atoms with Gasteiger partial charge in [0.1, 0.15) is 11.4 Å². The molecule has 2 heterocycles. The highest BCUT2D eigenvalue weighted by molar-refractivity contribution is 6.31. The van der Waals surface area contributed by atoms with E-state index in [2.05, 4.69) is 10.3 Å². The molecule has 1 N–H and O–H groups in total. The quantitative estimate of drug-likeness (QED) is 0.773. The molecule has 0 atom stereocenters. The fraction of sp³-hybridized carbons (Fsp3) is 0.0667. The summed E-state index contributed by atoms with van der Waals surface area (Å²) in [6.45, 7) is 1.93. The lowest BCUT2D eigenvalue weighted by Crippen LogP contribution is -2.11. The number of benzene rings is 1. The number of hydrogen-bond donors (Lipinski definition) is 1. The van der Waals surface area contributed by atoms with Gasteiger partial charge in [-0.2, -0.15) is 0 Å². The van der Waals surface area contributed by atoms with Gasteiger partial charge in [0.2, 0.25) is 0 Å².